The Morgan fingerprint density at radius 2 is 1.70 bits per heavy atom. The van der Waals surface area contributed by atoms with Crippen molar-refractivity contribution in [2.45, 2.75) is 39.4 Å². The van der Waals surface area contributed by atoms with E-state index in [2.05, 4.69) is 6.92 Å². The summed E-state index contributed by atoms with van der Waals surface area (Å²) in [6.45, 7) is 8.54. The van der Waals surface area contributed by atoms with Gasteiger partial charge in [0.25, 0.3) is 10.2 Å². The molecule has 0 saturated carbocycles. The van der Waals surface area contributed by atoms with Gasteiger partial charge in [0.15, 0.2) is 0 Å². The molecule has 0 amide bonds. The summed E-state index contributed by atoms with van der Waals surface area (Å²) in [6, 6.07) is 0. The van der Waals surface area contributed by atoms with Crippen LogP contribution in [0.25, 0.3) is 0 Å². The van der Waals surface area contributed by atoms with Crippen molar-refractivity contribution < 1.29 is 13.2 Å². The molecule has 0 aromatic rings. The number of ether oxygens (including phenoxy) is 1. The lowest BCUT2D eigenvalue weighted by atomic mass is 9.88. The highest BCUT2D eigenvalue weighted by molar-refractivity contribution is 7.86. The predicted octanol–water partition coefficient (Wildman–Crippen LogP) is 0.257. The topological polar surface area (TPSA) is 75.9 Å². The van der Waals surface area contributed by atoms with Crippen molar-refractivity contribution in [1.29, 1.82) is 0 Å². The van der Waals surface area contributed by atoms with Gasteiger partial charge in [0.1, 0.15) is 0 Å². The third kappa shape index (κ3) is 3.33. The van der Waals surface area contributed by atoms with Gasteiger partial charge >= 0.3 is 0 Å². The summed E-state index contributed by atoms with van der Waals surface area (Å²) in [5, 5.41) is 0. The minimum Gasteiger partial charge on any atom is -0.373 e. The average Bonchev–Trinajstić information content (AvgIpc) is 2.37. The van der Waals surface area contributed by atoms with Gasteiger partial charge in [0, 0.05) is 26.2 Å². The molecule has 0 radical (unpaired) electrons. The van der Waals surface area contributed by atoms with Gasteiger partial charge in [-0.05, 0) is 38.6 Å². The van der Waals surface area contributed by atoms with Crippen LogP contribution >= 0.6 is 0 Å². The first kappa shape index (κ1) is 16.2. The second-order valence-corrected chi connectivity index (χ2v) is 8.13. The number of nitrogens with two attached hydrogens (primary N) is 1. The van der Waals surface area contributed by atoms with E-state index < -0.39 is 10.2 Å². The SMILES string of the molecule is CC1CN(S(=O)(=O)N2CCC(C)C(CN)C2)CC(C)O1. The number of hydrogen-bond acceptors (Lipinski definition) is 4. The molecule has 0 bridgehead atoms. The fourth-order valence-corrected chi connectivity index (χ4v) is 4.95. The third-order valence-corrected chi connectivity index (χ3v) is 6.35. The maximum atomic E-state index is 12.8. The molecule has 2 aliphatic rings. The van der Waals surface area contributed by atoms with Gasteiger partial charge in [-0.2, -0.15) is 17.0 Å². The molecule has 0 aliphatic carbocycles. The molecule has 4 unspecified atom stereocenters. The fraction of sp³-hybridized carbons (Fsp3) is 1.00. The lowest BCUT2D eigenvalue weighted by Crippen LogP contribution is -2.56. The van der Waals surface area contributed by atoms with Crippen molar-refractivity contribution in [2.75, 3.05) is 32.7 Å². The lowest BCUT2D eigenvalue weighted by Gasteiger charge is -2.41. The summed E-state index contributed by atoms with van der Waals surface area (Å²) in [5.74, 6) is 0.753. The van der Waals surface area contributed by atoms with Crippen LogP contribution < -0.4 is 5.73 Å². The average molecular weight is 305 g/mol. The monoisotopic (exact) mass is 305 g/mol. The molecule has 4 atom stereocenters. The van der Waals surface area contributed by atoms with E-state index >= 15 is 0 Å². The van der Waals surface area contributed by atoms with Gasteiger partial charge in [0.2, 0.25) is 0 Å². The van der Waals surface area contributed by atoms with E-state index in [-0.39, 0.29) is 18.1 Å². The first-order chi connectivity index (χ1) is 9.34. The molecule has 0 aromatic carbocycles. The van der Waals surface area contributed by atoms with E-state index in [1.807, 2.05) is 13.8 Å². The number of nitrogens with zero attached hydrogens (tertiary/aromatic N) is 2. The Balaban J connectivity index is 2.10. The first-order valence-electron chi connectivity index (χ1n) is 7.45. The van der Waals surface area contributed by atoms with Gasteiger partial charge in [-0.3, -0.25) is 0 Å². The highest BCUT2D eigenvalue weighted by atomic mass is 32.2. The van der Waals surface area contributed by atoms with E-state index in [0.29, 0.717) is 38.6 Å². The van der Waals surface area contributed by atoms with Crippen molar-refractivity contribution >= 4 is 10.2 Å². The van der Waals surface area contributed by atoms with Gasteiger partial charge in [-0.25, -0.2) is 0 Å². The van der Waals surface area contributed by atoms with Crippen molar-refractivity contribution in [3.05, 3.63) is 0 Å². The van der Waals surface area contributed by atoms with Crippen molar-refractivity contribution in [1.82, 2.24) is 8.61 Å². The molecular weight excluding hydrogens is 278 g/mol. The molecule has 2 fully saturated rings. The van der Waals surface area contributed by atoms with E-state index in [9.17, 15) is 8.42 Å². The van der Waals surface area contributed by atoms with Crippen LogP contribution in [0.15, 0.2) is 0 Å². The van der Waals surface area contributed by atoms with Crippen LogP contribution in [-0.2, 0) is 14.9 Å². The molecule has 2 rings (SSSR count). The second kappa shape index (κ2) is 6.27. The molecule has 6 nitrogen and oxygen atoms in total. The molecule has 2 saturated heterocycles. The number of morpholine rings is 1. The van der Waals surface area contributed by atoms with Gasteiger partial charge in [0.05, 0.1) is 12.2 Å². The zero-order valence-electron chi connectivity index (χ0n) is 12.7. The lowest BCUT2D eigenvalue weighted by molar-refractivity contribution is -0.0458. The summed E-state index contributed by atoms with van der Waals surface area (Å²) in [6.07, 6.45) is 0.779. The molecule has 118 valence electrons. The van der Waals surface area contributed by atoms with Crippen LogP contribution in [0.5, 0.6) is 0 Å². The Morgan fingerprint density at radius 3 is 2.25 bits per heavy atom. The van der Waals surface area contributed by atoms with Crippen molar-refractivity contribution in [3.63, 3.8) is 0 Å². The summed E-state index contributed by atoms with van der Waals surface area (Å²) < 4.78 is 34.3. The predicted molar refractivity (Wildman–Crippen MR) is 78.4 cm³/mol. The molecule has 2 heterocycles. The Kier molecular flexibility index (Phi) is 5.07. The van der Waals surface area contributed by atoms with E-state index in [1.165, 1.54) is 0 Å². The van der Waals surface area contributed by atoms with Crippen molar-refractivity contribution in [3.8, 4) is 0 Å². The fourth-order valence-electron chi connectivity index (χ4n) is 3.11. The molecule has 7 heteroatoms. The van der Waals surface area contributed by atoms with Crippen LogP contribution in [0.2, 0.25) is 0 Å². The highest BCUT2D eigenvalue weighted by Crippen LogP contribution is 2.26. The molecule has 0 aromatic heterocycles. The number of piperidine rings is 1. The van der Waals surface area contributed by atoms with Gasteiger partial charge in [-0.1, -0.05) is 6.92 Å². The zero-order valence-corrected chi connectivity index (χ0v) is 13.5. The Hall–Kier alpha value is -0.210. The summed E-state index contributed by atoms with van der Waals surface area (Å²) >= 11 is 0. The normalized spacial score (nSPS) is 38.0. The summed E-state index contributed by atoms with van der Waals surface area (Å²) in [5.41, 5.74) is 5.77. The molecule has 0 spiro atoms. The highest BCUT2D eigenvalue weighted by Gasteiger charge is 2.38. The van der Waals surface area contributed by atoms with Gasteiger partial charge < -0.3 is 10.5 Å². The Morgan fingerprint density at radius 1 is 1.10 bits per heavy atom. The first-order valence-corrected chi connectivity index (χ1v) is 8.85. The van der Waals surface area contributed by atoms with Crippen LogP contribution in [0, 0.1) is 11.8 Å². The third-order valence-electron chi connectivity index (χ3n) is 4.42. The minimum absolute atomic E-state index is 0.0532. The maximum Gasteiger partial charge on any atom is 0.282 e. The number of hydrogen-bond donors (Lipinski definition) is 1. The quantitative estimate of drug-likeness (QED) is 0.811. The van der Waals surface area contributed by atoms with Crippen LogP contribution in [0.4, 0.5) is 0 Å². The van der Waals surface area contributed by atoms with Crippen LogP contribution in [0.3, 0.4) is 0 Å². The smallest absolute Gasteiger partial charge is 0.282 e. The molecule has 2 aliphatic heterocycles. The molecule has 2 N–H and O–H groups in total. The van der Waals surface area contributed by atoms with Crippen LogP contribution in [-0.4, -0.2) is 62.0 Å². The van der Waals surface area contributed by atoms with Crippen LogP contribution in [0.1, 0.15) is 27.2 Å². The molecular formula is C13H27N3O3S. The summed E-state index contributed by atoms with van der Waals surface area (Å²) in [7, 11) is -3.39. The van der Waals surface area contributed by atoms with E-state index in [1.54, 1.807) is 8.61 Å². The van der Waals surface area contributed by atoms with E-state index in [4.69, 9.17) is 10.5 Å². The zero-order chi connectivity index (χ0) is 14.9. The van der Waals surface area contributed by atoms with E-state index in [0.717, 1.165) is 6.42 Å². The standard InChI is InChI=1S/C13H27N3O3S/c1-10-4-5-15(9-13(10)6-14)20(17,18)16-7-11(2)19-12(3)8-16/h10-13H,4-9,14H2,1-3H3. The molecule has 20 heavy (non-hydrogen) atoms. The Bertz CT molecular complexity index is 419. The minimum atomic E-state index is -3.39. The Labute approximate surface area is 122 Å². The largest absolute Gasteiger partial charge is 0.373 e. The summed E-state index contributed by atoms with van der Waals surface area (Å²) in [4.78, 5) is 0. The van der Waals surface area contributed by atoms with Gasteiger partial charge in [-0.15, -0.1) is 0 Å². The number of rotatable bonds is 3. The van der Waals surface area contributed by atoms with Crippen molar-refractivity contribution in [2.24, 2.45) is 17.6 Å². The second-order valence-electron chi connectivity index (χ2n) is 6.20. The maximum absolute atomic E-state index is 12.8.